The molecule has 1 saturated heterocycles. The van der Waals surface area contributed by atoms with E-state index < -0.39 is 5.60 Å². The molecule has 0 aliphatic carbocycles. The molecule has 3 nitrogen and oxygen atoms in total. The lowest BCUT2D eigenvalue weighted by molar-refractivity contribution is -0.0293. The van der Waals surface area contributed by atoms with Crippen molar-refractivity contribution in [1.29, 1.82) is 0 Å². The molecule has 0 bridgehead atoms. The van der Waals surface area contributed by atoms with E-state index in [2.05, 4.69) is 55.1 Å². The Hall–Kier alpha value is -1.10. The third-order valence-corrected chi connectivity index (χ3v) is 6.42. The number of ether oxygens (including phenoxy) is 1. The minimum Gasteiger partial charge on any atom is -0.384 e. The van der Waals surface area contributed by atoms with Gasteiger partial charge < -0.3 is 9.84 Å². The Kier molecular flexibility index (Phi) is 10.1. The van der Waals surface area contributed by atoms with Gasteiger partial charge in [-0.3, -0.25) is 4.90 Å². The van der Waals surface area contributed by atoms with Gasteiger partial charge >= 0.3 is 0 Å². The van der Waals surface area contributed by atoms with Crippen LogP contribution in [0.2, 0.25) is 5.02 Å². The molecule has 0 saturated carbocycles. The average Bonchev–Trinajstić information content (AvgIpc) is 2.77. The maximum absolute atomic E-state index is 12.2. The van der Waals surface area contributed by atoms with Gasteiger partial charge in [-0.05, 0) is 41.7 Å². The molecule has 1 fully saturated rings. The van der Waals surface area contributed by atoms with Gasteiger partial charge in [-0.1, -0.05) is 74.7 Å². The topological polar surface area (TPSA) is 32.7 Å². The molecule has 3 rings (SSSR count). The first-order valence-electron chi connectivity index (χ1n) is 10.9. The fraction of sp³-hybridized carbons (Fsp3) is 0.520. The van der Waals surface area contributed by atoms with E-state index in [0.29, 0.717) is 0 Å². The molecular formula is C25H35Cl2NO2. The molecule has 5 heteroatoms. The number of rotatable bonds is 9. The zero-order chi connectivity index (χ0) is 20.7. The van der Waals surface area contributed by atoms with Crippen molar-refractivity contribution in [2.45, 2.75) is 51.0 Å². The molecule has 2 atom stereocenters. The largest absolute Gasteiger partial charge is 0.384 e. The second-order valence-corrected chi connectivity index (χ2v) is 8.53. The van der Waals surface area contributed by atoms with Gasteiger partial charge in [0.2, 0.25) is 0 Å². The van der Waals surface area contributed by atoms with Crippen LogP contribution >= 0.6 is 24.0 Å². The minimum absolute atomic E-state index is 0. The molecule has 2 unspecified atom stereocenters. The molecule has 1 aliphatic heterocycles. The van der Waals surface area contributed by atoms with Gasteiger partial charge in [0.25, 0.3) is 0 Å². The molecule has 2 aromatic rings. The quantitative estimate of drug-likeness (QED) is 0.521. The van der Waals surface area contributed by atoms with Gasteiger partial charge in [0.1, 0.15) is 0 Å². The highest BCUT2D eigenvalue weighted by Crippen LogP contribution is 2.42. The summed E-state index contributed by atoms with van der Waals surface area (Å²) in [4.78, 5) is 2.42. The SMILES string of the molecule is CCCCC(O)(c1ccc(CC)cc1)C(CN1CCOCC1)c1ccc(Cl)cc1.Cl. The van der Waals surface area contributed by atoms with Crippen LogP contribution in [0.3, 0.4) is 0 Å². The van der Waals surface area contributed by atoms with Crippen molar-refractivity contribution in [2.75, 3.05) is 32.8 Å². The molecule has 0 aromatic heterocycles. The summed E-state index contributed by atoms with van der Waals surface area (Å²) >= 11 is 6.17. The second-order valence-electron chi connectivity index (χ2n) is 8.10. The van der Waals surface area contributed by atoms with Gasteiger partial charge in [0, 0.05) is 30.6 Å². The van der Waals surface area contributed by atoms with Crippen LogP contribution in [0.25, 0.3) is 0 Å². The molecule has 166 valence electrons. The maximum Gasteiger partial charge on any atom is 0.0977 e. The van der Waals surface area contributed by atoms with E-state index in [0.717, 1.165) is 74.7 Å². The number of hydrogen-bond donors (Lipinski definition) is 1. The Labute approximate surface area is 192 Å². The van der Waals surface area contributed by atoms with Crippen LogP contribution in [-0.2, 0) is 16.8 Å². The highest BCUT2D eigenvalue weighted by molar-refractivity contribution is 6.30. The summed E-state index contributed by atoms with van der Waals surface area (Å²) < 4.78 is 5.54. The third kappa shape index (κ3) is 6.21. The second kappa shape index (κ2) is 12.1. The summed E-state index contributed by atoms with van der Waals surface area (Å²) in [7, 11) is 0. The monoisotopic (exact) mass is 451 g/mol. The van der Waals surface area contributed by atoms with Crippen molar-refractivity contribution in [3.8, 4) is 0 Å². The van der Waals surface area contributed by atoms with Crippen LogP contribution in [0, 0.1) is 0 Å². The van der Waals surface area contributed by atoms with E-state index in [4.69, 9.17) is 16.3 Å². The lowest BCUT2D eigenvalue weighted by Gasteiger charge is -2.41. The first-order chi connectivity index (χ1) is 14.1. The van der Waals surface area contributed by atoms with Crippen LogP contribution in [0.15, 0.2) is 48.5 Å². The molecule has 0 amide bonds. The summed E-state index contributed by atoms with van der Waals surface area (Å²) in [6.07, 6.45) is 3.79. The van der Waals surface area contributed by atoms with Gasteiger partial charge in [0.05, 0.1) is 18.8 Å². The van der Waals surface area contributed by atoms with Gasteiger partial charge in [-0.25, -0.2) is 0 Å². The van der Waals surface area contributed by atoms with Crippen molar-refractivity contribution in [2.24, 2.45) is 0 Å². The van der Waals surface area contributed by atoms with Crippen LogP contribution < -0.4 is 0 Å². The van der Waals surface area contributed by atoms with Crippen LogP contribution in [0.4, 0.5) is 0 Å². The predicted octanol–water partition coefficient (Wildman–Crippen LogP) is 5.82. The number of aliphatic hydroxyl groups is 1. The Balaban J connectivity index is 0.00000320. The van der Waals surface area contributed by atoms with E-state index in [1.807, 2.05) is 12.1 Å². The first-order valence-corrected chi connectivity index (χ1v) is 11.3. The van der Waals surface area contributed by atoms with Crippen molar-refractivity contribution in [1.82, 2.24) is 4.90 Å². The number of aryl methyl sites for hydroxylation is 1. The molecule has 1 heterocycles. The summed E-state index contributed by atoms with van der Waals surface area (Å²) in [5.74, 6) is -0.0307. The number of unbranched alkanes of at least 4 members (excludes halogenated alkanes) is 1. The maximum atomic E-state index is 12.2. The standard InChI is InChI=1S/C25H34ClNO2.ClH/c1-3-5-14-25(28,22-10-6-20(4-2)7-11-22)24(19-27-15-17-29-18-16-27)21-8-12-23(26)13-9-21;/h6-13,24,28H,3-5,14-19H2,1-2H3;1H. The van der Waals surface area contributed by atoms with Gasteiger partial charge in [-0.2, -0.15) is 0 Å². The molecule has 2 aromatic carbocycles. The van der Waals surface area contributed by atoms with Gasteiger partial charge in [-0.15, -0.1) is 12.4 Å². The van der Waals surface area contributed by atoms with E-state index in [1.54, 1.807) is 0 Å². The minimum atomic E-state index is -0.922. The van der Waals surface area contributed by atoms with E-state index in [1.165, 1.54) is 5.56 Å². The smallest absolute Gasteiger partial charge is 0.0977 e. The number of hydrogen-bond acceptors (Lipinski definition) is 3. The zero-order valence-electron chi connectivity index (χ0n) is 18.1. The molecule has 0 radical (unpaired) electrons. The first kappa shape index (κ1) is 25.2. The molecule has 0 spiro atoms. The highest BCUT2D eigenvalue weighted by atomic mass is 35.5. The van der Waals surface area contributed by atoms with Crippen molar-refractivity contribution in [3.63, 3.8) is 0 Å². The number of benzene rings is 2. The molecule has 1 aliphatic rings. The Morgan fingerprint density at radius 3 is 2.23 bits per heavy atom. The van der Waals surface area contributed by atoms with Crippen LogP contribution in [0.1, 0.15) is 55.7 Å². The lowest BCUT2D eigenvalue weighted by atomic mass is 9.73. The third-order valence-electron chi connectivity index (χ3n) is 6.17. The Morgan fingerprint density at radius 1 is 1.03 bits per heavy atom. The number of morpholine rings is 1. The van der Waals surface area contributed by atoms with E-state index in [9.17, 15) is 5.11 Å². The predicted molar refractivity (Wildman–Crippen MR) is 128 cm³/mol. The summed E-state index contributed by atoms with van der Waals surface area (Å²) in [5.41, 5.74) is 2.52. The summed E-state index contributed by atoms with van der Waals surface area (Å²) in [6, 6.07) is 16.6. The molecular weight excluding hydrogens is 417 g/mol. The highest BCUT2D eigenvalue weighted by Gasteiger charge is 2.40. The van der Waals surface area contributed by atoms with Crippen molar-refractivity contribution < 1.29 is 9.84 Å². The summed E-state index contributed by atoms with van der Waals surface area (Å²) in [5, 5.41) is 12.9. The molecule has 1 N–H and O–H groups in total. The number of nitrogens with zero attached hydrogens (tertiary/aromatic N) is 1. The average molecular weight is 452 g/mol. The van der Waals surface area contributed by atoms with Gasteiger partial charge in [0.15, 0.2) is 0 Å². The van der Waals surface area contributed by atoms with Crippen molar-refractivity contribution in [3.05, 3.63) is 70.2 Å². The lowest BCUT2D eigenvalue weighted by Crippen LogP contribution is -2.45. The van der Waals surface area contributed by atoms with E-state index >= 15 is 0 Å². The Morgan fingerprint density at radius 2 is 1.67 bits per heavy atom. The zero-order valence-corrected chi connectivity index (χ0v) is 19.7. The normalized spacial score (nSPS) is 17.7. The van der Waals surface area contributed by atoms with Crippen LogP contribution in [-0.4, -0.2) is 42.9 Å². The van der Waals surface area contributed by atoms with Crippen molar-refractivity contribution >= 4 is 24.0 Å². The van der Waals surface area contributed by atoms with Crippen LogP contribution in [0.5, 0.6) is 0 Å². The number of halogens is 2. The fourth-order valence-corrected chi connectivity index (χ4v) is 4.39. The van der Waals surface area contributed by atoms with E-state index in [-0.39, 0.29) is 18.3 Å². The molecule has 30 heavy (non-hydrogen) atoms. The summed E-state index contributed by atoms with van der Waals surface area (Å²) in [6.45, 7) is 8.47. The Bertz CT molecular complexity index is 745. The fourth-order valence-electron chi connectivity index (χ4n) is 4.26.